The molecule has 25 heavy (non-hydrogen) atoms. The standard InChI is InChI=1S/C19H26N4O2/c1-14(2)19-21-18(25-22-19)9-8-17(24)20-16-10-11-23(13-16)12-15-6-4-3-5-7-15/h3-7,14,16H,8-13H2,1-2H3,(H,20,24)/t16-/m1/s1. The van der Waals surface area contributed by atoms with Crippen LogP contribution in [0.15, 0.2) is 34.9 Å². The van der Waals surface area contributed by atoms with Crippen molar-refractivity contribution in [3.63, 3.8) is 0 Å². The number of likely N-dealkylation sites (tertiary alicyclic amines) is 1. The highest BCUT2D eigenvalue weighted by atomic mass is 16.5. The quantitative estimate of drug-likeness (QED) is 0.837. The first kappa shape index (κ1) is 17.6. The molecule has 1 fully saturated rings. The molecule has 3 rings (SSSR count). The van der Waals surface area contributed by atoms with Gasteiger partial charge in [0.25, 0.3) is 0 Å². The predicted molar refractivity (Wildman–Crippen MR) is 95.0 cm³/mol. The van der Waals surface area contributed by atoms with E-state index in [1.54, 1.807) is 0 Å². The van der Waals surface area contributed by atoms with E-state index in [1.807, 2.05) is 19.9 Å². The van der Waals surface area contributed by atoms with Gasteiger partial charge < -0.3 is 9.84 Å². The van der Waals surface area contributed by atoms with Gasteiger partial charge in [-0.05, 0) is 12.0 Å². The molecular formula is C19H26N4O2. The predicted octanol–water partition coefficient (Wildman–Crippen LogP) is 2.52. The van der Waals surface area contributed by atoms with Crippen LogP contribution in [0.1, 0.15) is 49.9 Å². The lowest BCUT2D eigenvalue weighted by molar-refractivity contribution is -0.121. The fourth-order valence-corrected chi connectivity index (χ4v) is 3.06. The summed E-state index contributed by atoms with van der Waals surface area (Å²) in [7, 11) is 0. The number of carbonyl (C=O) groups is 1. The topological polar surface area (TPSA) is 71.3 Å². The van der Waals surface area contributed by atoms with Crippen LogP contribution in [0.25, 0.3) is 0 Å². The summed E-state index contributed by atoms with van der Waals surface area (Å²) in [6, 6.07) is 10.7. The largest absolute Gasteiger partial charge is 0.352 e. The first-order chi connectivity index (χ1) is 12.1. The number of rotatable bonds is 7. The Morgan fingerprint density at radius 2 is 2.16 bits per heavy atom. The summed E-state index contributed by atoms with van der Waals surface area (Å²) >= 11 is 0. The van der Waals surface area contributed by atoms with Crippen LogP contribution in [0.4, 0.5) is 0 Å². The highest BCUT2D eigenvalue weighted by molar-refractivity contribution is 5.76. The van der Waals surface area contributed by atoms with Gasteiger partial charge in [-0.15, -0.1) is 0 Å². The molecule has 1 aliphatic rings. The number of hydrogen-bond acceptors (Lipinski definition) is 5. The van der Waals surface area contributed by atoms with Crippen LogP contribution in [0.5, 0.6) is 0 Å². The number of aryl methyl sites for hydroxylation is 1. The van der Waals surface area contributed by atoms with E-state index in [1.165, 1.54) is 5.56 Å². The molecule has 0 radical (unpaired) electrons. The highest BCUT2D eigenvalue weighted by Crippen LogP contribution is 2.14. The molecule has 1 saturated heterocycles. The minimum absolute atomic E-state index is 0.0517. The molecule has 0 spiro atoms. The SMILES string of the molecule is CC(C)c1noc(CCC(=O)N[C@@H]2CCN(Cc3ccccc3)C2)n1. The van der Waals surface area contributed by atoms with E-state index in [2.05, 4.69) is 44.6 Å². The van der Waals surface area contributed by atoms with Crippen molar-refractivity contribution in [3.8, 4) is 0 Å². The lowest BCUT2D eigenvalue weighted by atomic mass is 10.2. The first-order valence-electron chi connectivity index (χ1n) is 8.98. The van der Waals surface area contributed by atoms with Gasteiger partial charge in [0.15, 0.2) is 5.82 Å². The summed E-state index contributed by atoms with van der Waals surface area (Å²) in [6.07, 6.45) is 1.87. The van der Waals surface area contributed by atoms with E-state index in [-0.39, 0.29) is 17.9 Å². The Balaban J connectivity index is 1.39. The number of benzene rings is 1. The summed E-state index contributed by atoms with van der Waals surface area (Å²) in [6.45, 7) is 6.89. The zero-order valence-corrected chi connectivity index (χ0v) is 14.9. The summed E-state index contributed by atoms with van der Waals surface area (Å²) in [5.41, 5.74) is 1.31. The third kappa shape index (κ3) is 5.13. The Morgan fingerprint density at radius 1 is 1.36 bits per heavy atom. The van der Waals surface area contributed by atoms with Crippen molar-refractivity contribution in [2.45, 2.75) is 51.6 Å². The minimum atomic E-state index is 0.0517. The lowest BCUT2D eigenvalue weighted by Gasteiger charge is -2.16. The Bertz CT molecular complexity index is 684. The van der Waals surface area contributed by atoms with E-state index in [0.717, 1.165) is 26.1 Å². The minimum Gasteiger partial charge on any atom is -0.352 e. The maximum absolute atomic E-state index is 12.2. The second kappa shape index (κ2) is 8.25. The molecule has 1 aromatic carbocycles. The molecule has 6 heteroatoms. The van der Waals surface area contributed by atoms with Crippen molar-refractivity contribution in [1.29, 1.82) is 0 Å². The zero-order chi connectivity index (χ0) is 17.6. The molecule has 0 saturated carbocycles. The molecule has 1 N–H and O–H groups in total. The molecule has 1 atom stereocenters. The number of nitrogens with one attached hydrogen (secondary N) is 1. The van der Waals surface area contributed by atoms with Gasteiger partial charge >= 0.3 is 0 Å². The normalized spacial score (nSPS) is 18.0. The van der Waals surface area contributed by atoms with Gasteiger partial charge in [0.2, 0.25) is 11.8 Å². The van der Waals surface area contributed by atoms with Crippen LogP contribution >= 0.6 is 0 Å². The van der Waals surface area contributed by atoms with Crippen LogP contribution in [0.2, 0.25) is 0 Å². The van der Waals surface area contributed by atoms with Crippen LogP contribution in [-0.2, 0) is 17.8 Å². The maximum Gasteiger partial charge on any atom is 0.227 e. The molecular weight excluding hydrogens is 316 g/mol. The summed E-state index contributed by atoms with van der Waals surface area (Å²) in [5, 5.41) is 7.05. The van der Waals surface area contributed by atoms with Gasteiger partial charge in [0.1, 0.15) is 0 Å². The molecule has 1 aromatic heterocycles. The fourth-order valence-electron chi connectivity index (χ4n) is 3.06. The molecule has 1 amide bonds. The van der Waals surface area contributed by atoms with Crippen molar-refractivity contribution >= 4 is 5.91 Å². The maximum atomic E-state index is 12.2. The van der Waals surface area contributed by atoms with Crippen molar-refractivity contribution in [2.75, 3.05) is 13.1 Å². The zero-order valence-electron chi connectivity index (χ0n) is 14.9. The number of carbonyl (C=O) groups excluding carboxylic acids is 1. The molecule has 134 valence electrons. The highest BCUT2D eigenvalue weighted by Gasteiger charge is 2.24. The average Bonchev–Trinajstić information content (AvgIpc) is 3.23. The second-order valence-corrected chi connectivity index (χ2v) is 6.97. The van der Waals surface area contributed by atoms with Gasteiger partial charge in [-0.3, -0.25) is 9.69 Å². The van der Waals surface area contributed by atoms with E-state index in [9.17, 15) is 4.79 Å². The smallest absolute Gasteiger partial charge is 0.227 e. The van der Waals surface area contributed by atoms with Crippen molar-refractivity contribution in [3.05, 3.63) is 47.6 Å². The molecule has 1 aliphatic heterocycles. The Kier molecular flexibility index (Phi) is 5.81. The van der Waals surface area contributed by atoms with Gasteiger partial charge in [0.05, 0.1) is 0 Å². The Hall–Kier alpha value is -2.21. The molecule has 0 bridgehead atoms. The monoisotopic (exact) mass is 342 g/mol. The average molecular weight is 342 g/mol. The number of aromatic nitrogens is 2. The fraction of sp³-hybridized carbons (Fsp3) is 0.526. The van der Waals surface area contributed by atoms with Crippen LogP contribution in [0.3, 0.4) is 0 Å². The van der Waals surface area contributed by atoms with Crippen molar-refractivity contribution in [1.82, 2.24) is 20.4 Å². The van der Waals surface area contributed by atoms with E-state index < -0.39 is 0 Å². The molecule has 2 heterocycles. The number of nitrogens with zero attached hydrogens (tertiary/aromatic N) is 3. The van der Waals surface area contributed by atoms with Gasteiger partial charge in [-0.1, -0.05) is 49.3 Å². The van der Waals surface area contributed by atoms with Crippen molar-refractivity contribution in [2.24, 2.45) is 0 Å². The summed E-state index contributed by atoms with van der Waals surface area (Å²) in [5.74, 6) is 1.52. The number of hydrogen-bond donors (Lipinski definition) is 1. The van der Waals surface area contributed by atoms with Gasteiger partial charge in [-0.25, -0.2) is 0 Å². The van der Waals surface area contributed by atoms with Gasteiger partial charge in [0, 0.05) is 44.4 Å². The third-order valence-electron chi connectivity index (χ3n) is 4.45. The second-order valence-electron chi connectivity index (χ2n) is 6.97. The van der Waals surface area contributed by atoms with E-state index >= 15 is 0 Å². The molecule has 0 aliphatic carbocycles. The molecule has 2 aromatic rings. The number of amides is 1. The van der Waals surface area contributed by atoms with E-state index in [4.69, 9.17) is 4.52 Å². The molecule has 6 nitrogen and oxygen atoms in total. The summed E-state index contributed by atoms with van der Waals surface area (Å²) < 4.78 is 5.18. The molecule has 0 unspecified atom stereocenters. The van der Waals surface area contributed by atoms with Crippen LogP contribution in [-0.4, -0.2) is 40.1 Å². The van der Waals surface area contributed by atoms with Crippen LogP contribution in [0, 0.1) is 0 Å². The van der Waals surface area contributed by atoms with E-state index in [0.29, 0.717) is 24.6 Å². The lowest BCUT2D eigenvalue weighted by Crippen LogP contribution is -2.37. The van der Waals surface area contributed by atoms with Crippen LogP contribution < -0.4 is 5.32 Å². The van der Waals surface area contributed by atoms with Crippen molar-refractivity contribution < 1.29 is 9.32 Å². The van der Waals surface area contributed by atoms with Gasteiger partial charge in [-0.2, -0.15) is 4.98 Å². The summed E-state index contributed by atoms with van der Waals surface area (Å²) in [4.78, 5) is 18.8. The first-order valence-corrected chi connectivity index (χ1v) is 8.98. The Morgan fingerprint density at radius 3 is 2.88 bits per heavy atom. The third-order valence-corrected chi connectivity index (χ3v) is 4.45. The Labute approximate surface area is 148 Å².